The van der Waals surface area contributed by atoms with Gasteiger partial charge in [0.25, 0.3) is 0 Å². The summed E-state index contributed by atoms with van der Waals surface area (Å²) in [5.41, 5.74) is 2.67. The molecule has 3 rings (SSSR count). The Labute approximate surface area is 159 Å². The molecule has 1 amide bonds. The molecule has 0 unspecified atom stereocenters. The number of likely N-dealkylation sites (N-methyl/N-ethyl adjacent to an activating group) is 1. The molecule has 0 N–H and O–H groups in total. The van der Waals surface area contributed by atoms with Gasteiger partial charge in [0.15, 0.2) is 0 Å². The van der Waals surface area contributed by atoms with Gasteiger partial charge in [-0.15, -0.1) is 0 Å². The van der Waals surface area contributed by atoms with E-state index >= 15 is 0 Å². The van der Waals surface area contributed by atoms with Crippen LogP contribution < -0.4 is 4.74 Å². The fourth-order valence-corrected chi connectivity index (χ4v) is 2.42. The van der Waals surface area contributed by atoms with Crippen molar-refractivity contribution in [2.45, 2.75) is 13.2 Å². The molecule has 0 saturated carbocycles. The van der Waals surface area contributed by atoms with Crippen LogP contribution in [-0.2, 0) is 17.9 Å². The second-order valence-corrected chi connectivity index (χ2v) is 6.03. The van der Waals surface area contributed by atoms with Crippen molar-refractivity contribution in [2.24, 2.45) is 0 Å². The fourth-order valence-electron chi connectivity index (χ4n) is 2.42. The van der Waals surface area contributed by atoms with Gasteiger partial charge < -0.3 is 9.64 Å². The smallest absolute Gasteiger partial charge is 0.246 e. The lowest BCUT2D eigenvalue weighted by atomic mass is 10.2. The van der Waals surface area contributed by atoms with Crippen molar-refractivity contribution < 1.29 is 9.53 Å². The Balaban J connectivity index is 1.51. The molecule has 2 heterocycles. The zero-order valence-electron chi connectivity index (χ0n) is 15.2. The summed E-state index contributed by atoms with van der Waals surface area (Å²) in [6.07, 6.45) is 6.82. The van der Waals surface area contributed by atoms with Crippen molar-refractivity contribution in [3.8, 4) is 5.75 Å². The molecule has 0 saturated heterocycles. The predicted octanol–water partition coefficient (Wildman–Crippen LogP) is 3.73. The molecule has 2 aromatic heterocycles. The first-order valence-electron chi connectivity index (χ1n) is 8.66. The number of rotatable bonds is 7. The molecule has 136 valence electrons. The third kappa shape index (κ3) is 5.78. The maximum absolute atomic E-state index is 12.2. The molecule has 0 spiro atoms. The molecular weight excluding hydrogens is 338 g/mol. The van der Waals surface area contributed by atoms with Crippen LogP contribution in [0.1, 0.15) is 17.0 Å². The number of ether oxygens (including phenoxy) is 1. The fraction of sp³-hybridized carbons (Fsp3) is 0.136. The van der Waals surface area contributed by atoms with E-state index in [1.165, 1.54) is 0 Å². The van der Waals surface area contributed by atoms with Crippen LogP contribution in [0.2, 0.25) is 0 Å². The van der Waals surface area contributed by atoms with E-state index in [2.05, 4.69) is 9.97 Å². The molecule has 0 bridgehead atoms. The van der Waals surface area contributed by atoms with Gasteiger partial charge in [0, 0.05) is 25.5 Å². The minimum Gasteiger partial charge on any atom is -0.487 e. The van der Waals surface area contributed by atoms with Crippen LogP contribution in [0.5, 0.6) is 5.75 Å². The summed E-state index contributed by atoms with van der Waals surface area (Å²) in [6, 6.07) is 19.0. The van der Waals surface area contributed by atoms with E-state index in [9.17, 15) is 4.79 Å². The zero-order chi connectivity index (χ0) is 18.9. The SMILES string of the molecule is CN(Cc1ccccn1)C(=O)C=Cc1ccc(OCc2ccccn2)cc1. The normalized spacial score (nSPS) is 10.7. The van der Waals surface area contributed by atoms with Crippen LogP contribution in [-0.4, -0.2) is 27.8 Å². The van der Waals surface area contributed by atoms with E-state index in [1.54, 1.807) is 36.5 Å². The van der Waals surface area contributed by atoms with Crippen molar-refractivity contribution in [1.82, 2.24) is 14.9 Å². The molecule has 5 heteroatoms. The van der Waals surface area contributed by atoms with Gasteiger partial charge in [0.2, 0.25) is 5.91 Å². The predicted molar refractivity (Wildman–Crippen MR) is 105 cm³/mol. The number of amides is 1. The van der Waals surface area contributed by atoms with Crippen molar-refractivity contribution in [3.63, 3.8) is 0 Å². The maximum Gasteiger partial charge on any atom is 0.246 e. The molecule has 5 nitrogen and oxygen atoms in total. The summed E-state index contributed by atoms with van der Waals surface area (Å²) < 4.78 is 5.71. The third-order valence-corrected chi connectivity index (χ3v) is 3.91. The highest BCUT2D eigenvalue weighted by molar-refractivity contribution is 5.91. The average Bonchev–Trinajstić information content (AvgIpc) is 2.72. The summed E-state index contributed by atoms with van der Waals surface area (Å²) in [5.74, 6) is 0.688. The van der Waals surface area contributed by atoms with Gasteiger partial charge in [0.05, 0.1) is 17.9 Å². The summed E-state index contributed by atoms with van der Waals surface area (Å²) in [5, 5.41) is 0. The van der Waals surface area contributed by atoms with Crippen LogP contribution in [0.15, 0.2) is 79.1 Å². The Bertz CT molecular complexity index is 878. The van der Waals surface area contributed by atoms with Crippen LogP contribution in [0, 0.1) is 0 Å². The van der Waals surface area contributed by atoms with Gasteiger partial charge in [-0.1, -0.05) is 24.3 Å². The molecule has 1 aromatic carbocycles. The lowest BCUT2D eigenvalue weighted by molar-refractivity contribution is -0.125. The molecular formula is C22H21N3O2. The second kappa shape index (κ2) is 9.29. The number of carbonyl (C=O) groups is 1. The summed E-state index contributed by atoms with van der Waals surface area (Å²) >= 11 is 0. The molecule has 27 heavy (non-hydrogen) atoms. The maximum atomic E-state index is 12.2. The van der Waals surface area contributed by atoms with Gasteiger partial charge in [-0.05, 0) is 48.0 Å². The highest BCUT2D eigenvalue weighted by Crippen LogP contribution is 2.15. The Hall–Kier alpha value is -3.47. The average molecular weight is 359 g/mol. The van der Waals surface area contributed by atoms with Gasteiger partial charge in [0.1, 0.15) is 12.4 Å². The van der Waals surface area contributed by atoms with Crippen molar-refractivity contribution in [2.75, 3.05) is 7.05 Å². The number of hydrogen-bond acceptors (Lipinski definition) is 4. The minimum absolute atomic E-state index is 0.0730. The van der Waals surface area contributed by atoms with Crippen molar-refractivity contribution in [1.29, 1.82) is 0 Å². The number of benzene rings is 1. The molecule has 0 aliphatic rings. The molecule has 0 aliphatic heterocycles. The Morgan fingerprint density at radius 3 is 2.26 bits per heavy atom. The molecule has 0 radical (unpaired) electrons. The van der Waals surface area contributed by atoms with Gasteiger partial charge in [-0.25, -0.2) is 0 Å². The molecule has 3 aromatic rings. The first kappa shape index (κ1) is 18.3. The van der Waals surface area contributed by atoms with Crippen molar-refractivity contribution in [3.05, 3.63) is 96.1 Å². The third-order valence-electron chi connectivity index (χ3n) is 3.91. The van der Waals surface area contributed by atoms with Crippen LogP contribution >= 0.6 is 0 Å². The topological polar surface area (TPSA) is 55.3 Å². The summed E-state index contributed by atoms with van der Waals surface area (Å²) in [7, 11) is 1.76. The first-order valence-corrected chi connectivity index (χ1v) is 8.66. The quantitative estimate of drug-likeness (QED) is 0.603. The number of aromatic nitrogens is 2. The number of hydrogen-bond donors (Lipinski definition) is 0. The molecule has 0 fully saturated rings. The van der Waals surface area contributed by atoms with Gasteiger partial charge in [-0.3, -0.25) is 14.8 Å². The van der Waals surface area contributed by atoms with E-state index in [4.69, 9.17) is 4.74 Å². The second-order valence-electron chi connectivity index (χ2n) is 6.03. The lowest BCUT2D eigenvalue weighted by Crippen LogP contribution is -2.24. The standard InChI is InChI=1S/C22H21N3O2/c1-25(16-19-6-2-4-14-23-19)22(26)13-10-18-8-11-21(12-9-18)27-17-20-7-3-5-15-24-20/h2-15H,16-17H2,1H3. The van der Waals surface area contributed by atoms with Gasteiger partial charge in [-0.2, -0.15) is 0 Å². The van der Waals surface area contributed by atoms with Crippen molar-refractivity contribution >= 4 is 12.0 Å². The summed E-state index contributed by atoms with van der Waals surface area (Å²) in [6.45, 7) is 0.900. The minimum atomic E-state index is -0.0730. The van der Waals surface area contributed by atoms with E-state index < -0.39 is 0 Å². The zero-order valence-corrected chi connectivity index (χ0v) is 15.2. The summed E-state index contributed by atoms with van der Waals surface area (Å²) in [4.78, 5) is 22.3. The molecule has 0 atom stereocenters. The lowest BCUT2D eigenvalue weighted by Gasteiger charge is -2.14. The monoisotopic (exact) mass is 359 g/mol. The Morgan fingerprint density at radius 2 is 1.63 bits per heavy atom. The first-order chi connectivity index (χ1) is 13.2. The Kier molecular flexibility index (Phi) is 6.30. The van der Waals surface area contributed by atoms with E-state index in [1.807, 2.05) is 60.7 Å². The largest absolute Gasteiger partial charge is 0.487 e. The number of carbonyl (C=O) groups excluding carboxylic acids is 1. The highest BCUT2D eigenvalue weighted by atomic mass is 16.5. The number of pyridine rings is 2. The number of nitrogens with zero attached hydrogens (tertiary/aromatic N) is 3. The molecule has 0 aliphatic carbocycles. The van der Waals surface area contributed by atoms with Crippen LogP contribution in [0.25, 0.3) is 6.08 Å². The Morgan fingerprint density at radius 1 is 0.963 bits per heavy atom. The van der Waals surface area contributed by atoms with Gasteiger partial charge >= 0.3 is 0 Å². The van der Waals surface area contributed by atoms with Crippen LogP contribution in [0.4, 0.5) is 0 Å². The highest BCUT2D eigenvalue weighted by Gasteiger charge is 2.06. The van der Waals surface area contributed by atoms with E-state index in [0.29, 0.717) is 13.2 Å². The van der Waals surface area contributed by atoms with E-state index in [-0.39, 0.29) is 5.91 Å². The van der Waals surface area contributed by atoms with Crippen LogP contribution in [0.3, 0.4) is 0 Å². The van der Waals surface area contributed by atoms with E-state index in [0.717, 1.165) is 22.7 Å².